The van der Waals surface area contributed by atoms with Crippen molar-refractivity contribution in [2.75, 3.05) is 7.11 Å². The molecule has 0 bridgehead atoms. The lowest BCUT2D eigenvalue weighted by Crippen LogP contribution is -2.09. The predicted octanol–water partition coefficient (Wildman–Crippen LogP) is 2.98. The van der Waals surface area contributed by atoms with Crippen LogP contribution in [-0.2, 0) is 4.74 Å². The molecule has 0 saturated heterocycles. The number of hydrogen-bond acceptors (Lipinski definition) is 5. The summed E-state index contributed by atoms with van der Waals surface area (Å²) in [5.41, 5.74) is 0. The molecule has 0 amide bonds. The molecule has 1 aromatic rings. The van der Waals surface area contributed by atoms with Crippen molar-refractivity contribution >= 4 is 6.16 Å². The number of ether oxygens (including phenoxy) is 3. The molecule has 2 rings (SSSR count). The summed E-state index contributed by atoms with van der Waals surface area (Å²) in [5, 5.41) is 9.52. The van der Waals surface area contributed by atoms with Gasteiger partial charge in [-0.2, -0.15) is 0 Å². The second-order valence-corrected chi connectivity index (χ2v) is 3.85. The number of benzene rings is 1. The third kappa shape index (κ3) is 2.94. The van der Waals surface area contributed by atoms with Gasteiger partial charge in [0.05, 0.1) is 7.11 Å². The monoisotopic (exact) mass is 250 g/mol. The van der Waals surface area contributed by atoms with Gasteiger partial charge in [-0.1, -0.05) is 0 Å². The minimum atomic E-state index is -0.798. The lowest BCUT2D eigenvalue weighted by atomic mass is 10.3. The number of methoxy groups -OCH3 is 1. The first-order chi connectivity index (χ1) is 8.69. The van der Waals surface area contributed by atoms with Crippen LogP contribution in [0.1, 0.15) is 19.3 Å². The van der Waals surface area contributed by atoms with E-state index in [0.717, 1.165) is 19.3 Å². The van der Waals surface area contributed by atoms with Crippen molar-refractivity contribution in [2.45, 2.75) is 19.3 Å². The van der Waals surface area contributed by atoms with Gasteiger partial charge in [-0.25, -0.2) is 4.79 Å². The highest BCUT2D eigenvalue weighted by Gasteiger charge is 2.13. The van der Waals surface area contributed by atoms with Crippen LogP contribution in [0.25, 0.3) is 0 Å². The first-order valence-corrected chi connectivity index (χ1v) is 5.65. The van der Waals surface area contributed by atoms with E-state index in [0.29, 0.717) is 11.5 Å². The lowest BCUT2D eigenvalue weighted by molar-refractivity contribution is 0.124. The Hall–Kier alpha value is -2.17. The van der Waals surface area contributed by atoms with Crippen LogP contribution in [0.15, 0.2) is 30.0 Å². The van der Waals surface area contributed by atoms with Gasteiger partial charge >= 0.3 is 6.16 Å². The van der Waals surface area contributed by atoms with Crippen molar-refractivity contribution < 1.29 is 24.1 Å². The molecule has 0 unspecified atom stereocenters. The van der Waals surface area contributed by atoms with Crippen LogP contribution in [0.5, 0.6) is 17.2 Å². The van der Waals surface area contributed by atoms with Gasteiger partial charge in [0, 0.05) is 12.5 Å². The summed E-state index contributed by atoms with van der Waals surface area (Å²) in [4.78, 5) is 11.4. The van der Waals surface area contributed by atoms with Gasteiger partial charge in [0.25, 0.3) is 0 Å². The summed E-state index contributed by atoms with van der Waals surface area (Å²) in [6.07, 6.45) is 3.74. The van der Waals surface area contributed by atoms with Gasteiger partial charge < -0.3 is 19.3 Å². The Kier molecular flexibility index (Phi) is 3.72. The molecule has 1 aliphatic rings. The third-order valence-electron chi connectivity index (χ3n) is 2.57. The number of phenolic OH excluding ortho intramolecular Hbond substituents is 1. The average molecular weight is 250 g/mol. The number of carbonyl (C=O) groups is 1. The summed E-state index contributed by atoms with van der Waals surface area (Å²) in [7, 11) is 1.44. The van der Waals surface area contributed by atoms with Gasteiger partial charge in [-0.05, 0) is 31.1 Å². The molecule has 0 saturated carbocycles. The SMILES string of the molecule is COc1ccc(OC(=O)OC2=CCCC2)cc1O. The van der Waals surface area contributed by atoms with E-state index in [4.69, 9.17) is 14.2 Å². The minimum absolute atomic E-state index is 0.0946. The highest BCUT2D eigenvalue weighted by Crippen LogP contribution is 2.30. The lowest BCUT2D eigenvalue weighted by Gasteiger charge is -2.07. The standard InChI is InChI=1S/C13H14O5/c1-16-12-7-6-10(8-11(12)14)18-13(15)17-9-4-2-3-5-9/h4,6-8,14H,2-3,5H2,1H3. The van der Waals surface area contributed by atoms with E-state index in [1.165, 1.54) is 25.3 Å². The van der Waals surface area contributed by atoms with Crippen LogP contribution in [0.3, 0.4) is 0 Å². The van der Waals surface area contributed by atoms with Crippen molar-refractivity contribution in [1.82, 2.24) is 0 Å². The molecule has 1 aliphatic carbocycles. The smallest absolute Gasteiger partial charge is 0.504 e. The molecule has 0 radical (unpaired) electrons. The zero-order valence-corrected chi connectivity index (χ0v) is 10.0. The Morgan fingerprint density at radius 3 is 2.78 bits per heavy atom. The van der Waals surface area contributed by atoms with Crippen LogP contribution in [0, 0.1) is 0 Å². The number of carbonyl (C=O) groups excluding carboxylic acids is 1. The Bertz CT molecular complexity index is 478. The Morgan fingerprint density at radius 1 is 1.33 bits per heavy atom. The van der Waals surface area contributed by atoms with E-state index < -0.39 is 6.16 Å². The number of rotatable bonds is 3. The van der Waals surface area contributed by atoms with Crippen LogP contribution >= 0.6 is 0 Å². The largest absolute Gasteiger partial charge is 0.519 e. The van der Waals surface area contributed by atoms with Crippen molar-refractivity contribution in [3.8, 4) is 17.2 Å². The molecule has 1 N–H and O–H groups in total. The van der Waals surface area contributed by atoms with Crippen molar-refractivity contribution in [3.63, 3.8) is 0 Å². The van der Waals surface area contributed by atoms with E-state index >= 15 is 0 Å². The van der Waals surface area contributed by atoms with Crippen LogP contribution in [-0.4, -0.2) is 18.4 Å². The molecule has 0 aliphatic heterocycles. The second kappa shape index (κ2) is 5.44. The highest BCUT2D eigenvalue weighted by molar-refractivity contribution is 5.65. The molecule has 96 valence electrons. The van der Waals surface area contributed by atoms with E-state index in [9.17, 15) is 9.90 Å². The Labute approximate surface area is 105 Å². The molecular formula is C13H14O5. The minimum Gasteiger partial charge on any atom is -0.504 e. The maximum absolute atomic E-state index is 11.4. The summed E-state index contributed by atoms with van der Waals surface area (Å²) in [5.74, 6) is 1.06. The van der Waals surface area contributed by atoms with Gasteiger partial charge in [0.1, 0.15) is 11.5 Å². The number of aromatic hydroxyl groups is 1. The van der Waals surface area contributed by atoms with Crippen LogP contribution < -0.4 is 9.47 Å². The topological polar surface area (TPSA) is 65.0 Å². The fraction of sp³-hybridized carbons (Fsp3) is 0.308. The number of hydrogen-bond donors (Lipinski definition) is 1. The molecule has 0 aromatic heterocycles. The quantitative estimate of drug-likeness (QED) is 0.660. The van der Waals surface area contributed by atoms with E-state index in [2.05, 4.69) is 0 Å². The van der Waals surface area contributed by atoms with Crippen molar-refractivity contribution in [1.29, 1.82) is 0 Å². The molecule has 0 spiro atoms. The highest BCUT2D eigenvalue weighted by atomic mass is 16.7. The fourth-order valence-electron chi connectivity index (χ4n) is 1.69. The second-order valence-electron chi connectivity index (χ2n) is 3.85. The molecule has 18 heavy (non-hydrogen) atoms. The van der Waals surface area contributed by atoms with E-state index in [-0.39, 0.29) is 11.5 Å². The van der Waals surface area contributed by atoms with Gasteiger partial charge in [0.15, 0.2) is 11.5 Å². The molecular weight excluding hydrogens is 236 g/mol. The first-order valence-electron chi connectivity index (χ1n) is 5.65. The van der Waals surface area contributed by atoms with Crippen LogP contribution in [0.4, 0.5) is 4.79 Å². The maximum atomic E-state index is 11.4. The average Bonchev–Trinajstić information content (AvgIpc) is 2.82. The van der Waals surface area contributed by atoms with Gasteiger partial charge in [-0.15, -0.1) is 0 Å². The van der Waals surface area contributed by atoms with Crippen molar-refractivity contribution in [2.24, 2.45) is 0 Å². The third-order valence-corrected chi connectivity index (χ3v) is 2.57. The molecule has 0 atom stereocenters. The first kappa shape index (κ1) is 12.3. The van der Waals surface area contributed by atoms with Gasteiger partial charge in [0.2, 0.25) is 0 Å². The van der Waals surface area contributed by atoms with E-state index in [1.807, 2.05) is 6.08 Å². The fourth-order valence-corrected chi connectivity index (χ4v) is 1.69. The Morgan fingerprint density at radius 2 is 2.17 bits per heavy atom. The molecule has 0 fully saturated rings. The number of phenols is 1. The zero-order valence-electron chi connectivity index (χ0n) is 10.0. The molecule has 1 aromatic carbocycles. The summed E-state index contributed by atoms with van der Waals surface area (Å²) >= 11 is 0. The molecule has 5 nitrogen and oxygen atoms in total. The molecule has 5 heteroatoms. The van der Waals surface area contributed by atoms with Crippen LogP contribution in [0.2, 0.25) is 0 Å². The summed E-state index contributed by atoms with van der Waals surface area (Å²) in [6, 6.07) is 4.32. The van der Waals surface area contributed by atoms with Crippen molar-refractivity contribution in [3.05, 3.63) is 30.0 Å². The predicted molar refractivity (Wildman–Crippen MR) is 63.7 cm³/mol. The molecule has 0 heterocycles. The Balaban J connectivity index is 1.96. The zero-order chi connectivity index (χ0) is 13.0. The van der Waals surface area contributed by atoms with E-state index in [1.54, 1.807) is 0 Å². The normalized spacial score (nSPS) is 13.9. The number of allylic oxidation sites excluding steroid dienone is 2. The summed E-state index contributed by atoms with van der Waals surface area (Å²) in [6.45, 7) is 0. The van der Waals surface area contributed by atoms with Gasteiger partial charge in [-0.3, -0.25) is 0 Å². The maximum Gasteiger partial charge on any atom is 0.519 e. The summed E-state index contributed by atoms with van der Waals surface area (Å²) < 4.78 is 14.8.